The van der Waals surface area contributed by atoms with Crippen LogP contribution in [0.5, 0.6) is 0 Å². The lowest BCUT2D eigenvalue weighted by atomic mass is 9.68. The number of ether oxygens (including phenoxy) is 1. The van der Waals surface area contributed by atoms with Crippen molar-refractivity contribution in [2.24, 2.45) is 23.2 Å². The van der Waals surface area contributed by atoms with Crippen LogP contribution < -0.4 is 0 Å². The maximum atomic E-state index is 6.53. The molecule has 0 heterocycles. The van der Waals surface area contributed by atoms with Crippen molar-refractivity contribution in [1.82, 2.24) is 0 Å². The molecule has 2 fully saturated rings. The summed E-state index contributed by atoms with van der Waals surface area (Å²) in [6.07, 6.45) is 6.15. The zero-order valence-corrected chi connectivity index (χ0v) is 14.2. The Morgan fingerprint density at radius 3 is 2.33 bits per heavy atom. The molecule has 0 N–H and O–H groups in total. The van der Waals surface area contributed by atoms with Crippen molar-refractivity contribution in [3.63, 3.8) is 0 Å². The van der Waals surface area contributed by atoms with Crippen LogP contribution in [0.3, 0.4) is 0 Å². The number of alkyl halides is 1. The fourth-order valence-corrected chi connectivity index (χ4v) is 4.18. The van der Waals surface area contributed by atoms with Gasteiger partial charge in [-0.1, -0.05) is 57.0 Å². The third-order valence-corrected chi connectivity index (χ3v) is 6.91. The Bertz CT molecular complexity index is 287. The predicted molar refractivity (Wildman–Crippen MR) is 81.1 cm³/mol. The second-order valence-electron chi connectivity index (χ2n) is 7.51. The van der Waals surface area contributed by atoms with Crippen molar-refractivity contribution < 1.29 is 4.74 Å². The van der Waals surface area contributed by atoms with E-state index in [1.54, 1.807) is 0 Å². The van der Waals surface area contributed by atoms with Gasteiger partial charge in [0, 0.05) is 10.2 Å². The third kappa shape index (κ3) is 2.80. The molecule has 0 saturated heterocycles. The Labute approximate surface area is 121 Å². The topological polar surface area (TPSA) is 9.23 Å². The molecule has 2 aliphatic rings. The minimum Gasteiger partial charge on any atom is -0.374 e. The van der Waals surface area contributed by atoms with Crippen molar-refractivity contribution in [2.45, 2.75) is 77.3 Å². The molecular formula is C16H29BrO. The molecule has 0 aromatic rings. The van der Waals surface area contributed by atoms with Crippen LogP contribution in [0.4, 0.5) is 0 Å². The molecule has 2 rings (SSSR count). The highest BCUT2D eigenvalue weighted by Gasteiger charge is 2.49. The van der Waals surface area contributed by atoms with E-state index < -0.39 is 0 Å². The van der Waals surface area contributed by atoms with Gasteiger partial charge in [0.1, 0.15) is 0 Å². The predicted octanol–water partition coefficient (Wildman–Crippen LogP) is 5.03. The average Bonchev–Trinajstić information content (AvgIpc) is 2.28. The summed E-state index contributed by atoms with van der Waals surface area (Å²) in [5.74, 6) is 2.37. The van der Waals surface area contributed by atoms with Crippen LogP contribution in [0.15, 0.2) is 0 Å². The highest BCUT2D eigenvalue weighted by molar-refractivity contribution is 9.09. The van der Waals surface area contributed by atoms with Crippen LogP contribution in [-0.2, 0) is 4.74 Å². The summed E-state index contributed by atoms with van der Waals surface area (Å²) in [6.45, 7) is 11.8. The fraction of sp³-hybridized carbons (Fsp3) is 1.00. The second kappa shape index (κ2) is 5.44. The Balaban J connectivity index is 1.97. The summed E-state index contributed by atoms with van der Waals surface area (Å²) >= 11 is 3.76. The molecule has 1 nitrogen and oxygen atoms in total. The molecular weight excluding hydrogens is 288 g/mol. The third-order valence-electron chi connectivity index (χ3n) is 5.36. The summed E-state index contributed by atoms with van der Waals surface area (Å²) < 4.78 is 6.53. The molecule has 18 heavy (non-hydrogen) atoms. The first-order valence-corrected chi connectivity index (χ1v) is 8.53. The molecule has 0 aromatic carbocycles. The Morgan fingerprint density at radius 1 is 1.17 bits per heavy atom. The van der Waals surface area contributed by atoms with Crippen LogP contribution in [0.25, 0.3) is 0 Å². The first-order valence-electron chi connectivity index (χ1n) is 7.62. The molecule has 0 aliphatic heterocycles. The highest BCUT2D eigenvalue weighted by Crippen LogP contribution is 2.49. The van der Waals surface area contributed by atoms with Gasteiger partial charge in [-0.25, -0.2) is 0 Å². The van der Waals surface area contributed by atoms with E-state index in [1.807, 2.05) is 0 Å². The normalized spacial score (nSPS) is 43.8. The van der Waals surface area contributed by atoms with Gasteiger partial charge in [0.15, 0.2) is 0 Å². The SMILES string of the molecule is CC1CCC(C(C)C)C(OC2CC(Br)C2(C)C)C1. The van der Waals surface area contributed by atoms with Gasteiger partial charge in [0.2, 0.25) is 0 Å². The van der Waals surface area contributed by atoms with E-state index in [2.05, 4.69) is 50.5 Å². The zero-order chi connectivity index (χ0) is 13.5. The van der Waals surface area contributed by atoms with Crippen LogP contribution >= 0.6 is 15.9 Å². The van der Waals surface area contributed by atoms with Gasteiger partial charge in [-0.05, 0) is 37.0 Å². The Hall–Kier alpha value is 0.440. The summed E-state index contributed by atoms with van der Waals surface area (Å²) in [5, 5.41) is 0. The van der Waals surface area contributed by atoms with E-state index in [-0.39, 0.29) is 0 Å². The lowest BCUT2D eigenvalue weighted by Gasteiger charge is -2.52. The first-order chi connectivity index (χ1) is 8.32. The zero-order valence-electron chi connectivity index (χ0n) is 12.6. The van der Waals surface area contributed by atoms with Crippen molar-refractivity contribution in [2.75, 3.05) is 0 Å². The van der Waals surface area contributed by atoms with Gasteiger partial charge in [0.25, 0.3) is 0 Å². The fourth-order valence-electron chi connectivity index (χ4n) is 3.55. The lowest BCUT2D eigenvalue weighted by molar-refractivity contribution is -0.155. The molecule has 0 spiro atoms. The molecule has 2 saturated carbocycles. The summed E-state index contributed by atoms with van der Waals surface area (Å²) in [4.78, 5) is 0.633. The molecule has 5 atom stereocenters. The summed E-state index contributed by atoms with van der Waals surface area (Å²) in [6, 6.07) is 0. The van der Waals surface area contributed by atoms with Crippen LogP contribution in [0.1, 0.15) is 60.3 Å². The maximum Gasteiger partial charge on any atom is 0.0651 e. The Morgan fingerprint density at radius 2 is 1.83 bits per heavy atom. The summed E-state index contributed by atoms with van der Waals surface area (Å²) in [5.41, 5.74) is 0.308. The van der Waals surface area contributed by atoms with E-state index in [0.29, 0.717) is 22.5 Å². The highest BCUT2D eigenvalue weighted by atomic mass is 79.9. The summed E-state index contributed by atoms with van der Waals surface area (Å²) in [7, 11) is 0. The van der Waals surface area contributed by atoms with Gasteiger partial charge in [-0.2, -0.15) is 0 Å². The molecule has 2 heteroatoms. The molecule has 5 unspecified atom stereocenters. The minimum absolute atomic E-state index is 0.308. The Kier molecular flexibility index (Phi) is 4.48. The maximum absolute atomic E-state index is 6.53. The number of hydrogen-bond acceptors (Lipinski definition) is 1. The minimum atomic E-state index is 0.308. The van der Waals surface area contributed by atoms with Gasteiger partial charge >= 0.3 is 0 Å². The van der Waals surface area contributed by atoms with Crippen molar-refractivity contribution in [3.05, 3.63) is 0 Å². The van der Waals surface area contributed by atoms with Crippen LogP contribution in [0.2, 0.25) is 0 Å². The molecule has 0 radical (unpaired) electrons. The number of hydrogen-bond donors (Lipinski definition) is 0. The van der Waals surface area contributed by atoms with E-state index in [4.69, 9.17) is 4.74 Å². The largest absolute Gasteiger partial charge is 0.374 e. The van der Waals surface area contributed by atoms with Crippen molar-refractivity contribution in [1.29, 1.82) is 0 Å². The number of rotatable bonds is 3. The number of halogens is 1. The van der Waals surface area contributed by atoms with E-state index >= 15 is 0 Å². The van der Waals surface area contributed by atoms with E-state index in [9.17, 15) is 0 Å². The monoisotopic (exact) mass is 316 g/mol. The quantitative estimate of drug-likeness (QED) is 0.664. The molecule has 0 bridgehead atoms. The van der Waals surface area contributed by atoms with Gasteiger partial charge in [-0.15, -0.1) is 0 Å². The molecule has 106 valence electrons. The van der Waals surface area contributed by atoms with Gasteiger partial charge in [0.05, 0.1) is 12.2 Å². The van der Waals surface area contributed by atoms with Crippen LogP contribution in [-0.4, -0.2) is 17.0 Å². The first kappa shape index (κ1) is 14.8. The average molecular weight is 317 g/mol. The smallest absolute Gasteiger partial charge is 0.0651 e. The van der Waals surface area contributed by atoms with Crippen molar-refractivity contribution in [3.8, 4) is 0 Å². The second-order valence-corrected chi connectivity index (χ2v) is 8.62. The molecule has 0 amide bonds. The van der Waals surface area contributed by atoms with E-state index in [1.165, 1.54) is 25.7 Å². The van der Waals surface area contributed by atoms with E-state index in [0.717, 1.165) is 17.8 Å². The van der Waals surface area contributed by atoms with Gasteiger partial charge < -0.3 is 4.74 Å². The lowest BCUT2D eigenvalue weighted by Crippen LogP contribution is -2.54. The van der Waals surface area contributed by atoms with Crippen molar-refractivity contribution >= 4 is 15.9 Å². The molecule has 0 aromatic heterocycles. The van der Waals surface area contributed by atoms with Crippen LogP contribution in [0, 0.1) is 23.2 Å². The molecule has 2 aliphatic carbocycles. The standard InChI is InChI=1S/C16H29BrO/c1-10(2)12-7-6-11(3)8-13(12)18-15-9-14(17)16(15,4)5/h10-15H,6-9H2,1-5H3. The van der Waals surface area contributed by atoms with Gasteiger partial charge in [-0.3, -0.25) is 0 Å².